The van der Waals surface area contributed by atoms with Crippen molar-refractivity contribution in [3.63, 3.8) is 0 Å². The molecule has 0 aliphatic carbocycles. The second-order valence-electron chi connectivity index (χ2n) is 3.68. The lowest BCUT2D eigenvalue weighted by molar-refractivity contribution is 0.181. The standard InChI is InChI=1S/C12H22N4O/c1-5-13-11-8-10(9-17-4)14-12(15-11)16(6-2)7-3/h8H,5-7,9H2,1-4H3,(H,13,14,15). The van der Waals surface area contributed by atoms with Crippen molar-refractivity contribution in [2.75, 3.05) is 37.0 Å². The summed E-state index contributed by atoms with van der Waals surface area (Å²) in [5.41, 5.74) is 0.903. The molecule has 0 amide bonds. The van der Waals surface area contributed by atoms with E-state index in [1.165, 1.54) is 0 Å². The van der Waals surface area contributed by atoms with Gasteiger partial charge in [-0.1, -0.05) is 0 Å². The van der Waals surface area contributed by atoms with Crippen molar-refractivity contribution in [1.29, 1.82) is 0 Å². The second-order valence-corrected chi connectivity index (χ2v) is 3.68. The lowest BCUT2D eigenvalue weighted by Crippen LogP contribution is -2.25. The van der Waals surface area contributed by atoms with Crippen molar-refractivity contribution in [1.82, 2.24) is 9.97 Å². The van der Waals surface area contributed by atoms with Crippen LogP contribution >= 0.6 is 0 Å². The molecule has 0 spiro atoms. The third-order valence-corrected chi connectivity index (χ3v) is 2.46. The summed E-state index contributed by atoms with van der Waals surface area (Å²) in [6, 6.07) is 1.93. The molecule has 1 N–H and O–H groups in total. The van der Waals surface area contributed by atoms with E-state index in [9.17, 15) is 0 Å². The van der Waals surface area contributed by atoms with E-state index in [0.29, 0.717) is 6.61 Å². The molecular formula is C12H22N4O. The first-order chi connectivity index (χ1) is 8.24. The lowest BCUT2D eigenvalue weighted by Gasteiger charge is -2.20. The van der Waals surface area contributed by atoms with E-state index >= 15 is 0 Å². The third kappa shape index (κ3) is 3.85. The van der Waals surface area contributed by atoms with Crippen molar-refractivity contribution in [3.05, 3.63) is 11.8 Å². The van der Waals surface area contributed by atoms with E-state index in [4.69, 9.17) is 4.74 Å². The van der Waals surface area contributed by atoms with Crippen LogP contribution in [0.1, 0.15) is 26.5 Å². The van der Waals surface area contributed by atoms with E-state index in [1.54, 1.807) is 7.11 Å². The fourth-order valence-corrected chi connectivity index (χ4v) is 1.62. The van der Waals surface area contributed by atoms with Crippen LogP contribution in [0.15, 0.2) is 6.07 Å². The number of hydrogen-bond donors (Lipinski definition) is 1. The Morgan fingerprint density at radius 2 is 1.94 bits per heavy atom. The van der Waals surface area contributed by atoms with Crippen LogP contribution in [0.5, 0.6) is 0 Å². The zero-order chi connectivity index (χ0) is 12.7. The Bertz CT molecular complexity index is 315. The van der Waals surface area contributed by atoms with Gasteiger partial charge in [0.25, 0.3) is 0 Å². The molecule has 1 rings (SSSR count). The molecule has 0 aliphatic heterocycles. The van der Waals surface area contributed by atoms with Crippen molar-refractivity contribution in [2.45, 2.75) is 27.4 Å². The number of methoxy groups -OCH3 is 1. The summed E-state index contributed by atoms with van der Waals surface area (Å²) < 4.78 is 5.13. The van der Waals surface area contributed by atoms with Crippen LogP contribution < -0.4 is 10.2 Å². The maximum absolute atomic E-state index is 5.13. The lowest BCUT2D eigenvalue weighted by atomic mass is 10.4. The molecule has 0 saturated carbocycles. The molecule has 1 heterocycles. The predicted octanol–water partition coefficient (Wildman–Crippen LogP) is 1.90. The third-order valence-electron chi connectivity index (χ3n) is 2.46. The monoisotopic (exact) mass is 238 g/mol. The number of nitrogens with zero attached hydrogens (tertiary/aromatic N) is 3. The summed E-state index contributed by atoms with van der Waals surface area (Å²) in [5.74, 6) is 1.62. The molecule has 0 aliphatic rings. The van der Waals surface area contributed by atoms with Gasteiger partial charge in [-0.05, 0) is 20.8 Å². The predicted molar refractivity (Wildman–Crippen MR) is 70.5 cm³/mol. The molecule has 96 valence electrons. The number of rotatable bonds is 7. The number of nitrogens with one attached hydrogen (secondary N) is 1. The van der Waals surface area contributed by atoms with Gasteiger partial charge in [-0.2, -0.15) is 4.98 Å². The fourth-order valence-electron chi connectivity index (χ4n) is 1.62. The van der Waals surface area contributed by atoms with Gasteiger partial charge in [0, 0.05) is 32.8 Å². The smallest absolute Gasteiger partial charge is 0.227 e. The van der Waals surface area contributed by atoms with Gasteiger partial charge in [-0.25, -0.2) is 4.98 Å². The molecule has 0 aromatic carbocycles. The molecule has 17 heavy (non-hydrogen) atoms. The molecule has 1 aromatic heterocycles. The molecule has 0 atom stereocenters. The van der Waals surface area contributed by atoms with E-state index < -0.39 is 0 Å². The second kappa shape index (κ2) is 7.06. The zero-order valence-electron chi connectivity index (χ0n) is 11.2. The molecule has 0 bridgehead atoms. The normalized spacial score (nSPS) is 10.4. The quantitative estimate of drug-likeness (QED) is 0.786. The number of hydrogen-bond acceptors (Lipinski definition) is 5. The highest BCUT2D eigenvalue weighted by molar-refractivity contribution is 5.43. The zero-order valence-corrected chi connectivity index (χ0v) is 11.2. The Hall–Kier alpha value is -1.36. The molecule has 0 unspecified atom stereocenters. The molecule has 0 saturated heterocycles. The Kier molecular flexibility index (Phi) is 5.69. The van der Waals surface area contributed by atoms with Gasteiger partial charge in [-0.15, -0.1) is 0 Å². The average Bonchev–Trinajstić information content (AvgIpc) is 2.31. The van der Waals surface area contributed by atoms with E-state index in [-0.39, 0.29) is 0 Å². The highest BCUT2D eigenvalue weighted by Gasteiger charge is 2.09. The summed E-state index contributed by atoms with van der Waals surface area (Å²) >= 11 is 0. The molecule has 0 radical (unpaired) electrons. The number of aromatic nitrogens is 2. The minimum absolute atomic E-state index is 0.509. The molecule has 5 nitrogen and oxygen atoms in total. The summed E-state index contributed by atoms with van der Waals surface area (Å²) in [6.07, 6.45) is 0. The van der Waals surface area contributed by atoms with Gasteiger partial charge in [0.2, 0.25) is 5.95 Å². The first kappa shape index (κ1) is 13.7. The molecule has 1 aromatic rings. The van der Waals surface area contributed by atoms with Crippen LogP contribution in [0.3, 0.4) is 0 Å². The van der Waals surface area contributed by atoms with Crippen LogP contribution in [-0.2, 0) is 11.3 Å². The summed E-state index contributed by atoms with van der Waals surface area (Å²) in [4.78, 5) is 11.1. The maximum atomic E-state index is 5.13. The Labute approximate surface area is 103 Å². The van der Waals surface area contributed by atoms with Gasteiger partial charge in [-0.3, -0.25) is 0 Å². The first-order valence-corrected chi connectivity index (χ1v) is 6.10. The molecular weight excluding hydrogens is 216 g/mol. The van der Waals surface area contributed by atoms with E-state index in [1.807, 2.05) is 6.07 Å². The number of ether oxygens (including phenoxy) is 1. The number of anilines is 2. The maximum Gasteiger partial charge on any atom is 0.227 e. The molecule has 5 heteroatoms. The average molecular weight is 238 g/mol. The van der Waals surface area contributed by atoms with Gasteiger partial charge in [0.05, 0.1) is 12.3 Å². The Balaban J connectivity index is 3.01. The summed E-state index contributed by atoms with van der Waals surface area (Å²) in [6.45, 7) is 9.41. The highest BCUT2D eigenvalue weighted by atomic mass is 16.5. The molecule has 0 fully saturated rings. The van der Waals surface area contributed by atoms with Crippen LogP contribution in [0.2, 0.25) is 0 Å². The Morgan fingerprint density at radius 1 is 1.24 bits per heavy atom. The van der Waals surface area contributed by atoms with Crippen molar-refractivity contribution in [3.8, 4) is 0 Å². The van der Waals surface area contributed by atoms with Gasteiger partial charge in [0.15, 0.2) is 0 Å². The fraction of sp³-hybridized carbons (Fsp3) is 0.667. The van der Waals surface area contributed by atoms with Gasteiger partial charge in [0.1, 0.15) is 5.82 Å². The van der Waals surface area contributed by atoms with Crippen molar-refractivity contribution >= 4 is 11.8 Å². The first-order valence-electron chi connectivity index (χ1n) is 6.10. The van der Waals surface area contributed by atoms with Crippen LogP contribution in [0.4, 0.5) is 11.8 Å². The van der Waals surface area contributed by atoms with Crippen LogP contribution in [0.25, 0.3) is 0 Å². The van der Waals surface area contributed by atoms with E-state index in [0.717, 1.165) is 37.1 Å². The summed E-state index contributed by atoms with van der Waals surface area (Å²) in [5, 5.41) is 3.22. The van der Waals surface area contributed by atoms with Crippen LogP contribution in [-0.4, -0.2) is 36.7 Å². The topological polar surface area (TPSA) is 50.3 Å². The Morgan fingerprint density at radius 3 is 2.47 bits per heavy atom. The SMILES string of the molecule is CCNc1cc(COC)nc(N(CC)CC)n1. The van der Waals surface area contributed by atoms with Crippen LogP contribution in [0, 0.1) is 0 Å². The minimum Gasteiger partial charge on any atom is -0.378 e. The van der Waals surface area contributed by atoms with Gasteiger partial charge >= 0.3 is 0 Å². The van der Waals surface area contributed by atoms with Crippen molar-refractivity contribution in [2.24, 2.45) is 0 Å². The minimum atomic E-state index is 0.509. The van der Waals surface area contributed by atoms with E-state index in [2.05, 4.69) is 41.0 Å². The highest BCUT2D eigenvalue weighted by Crippen LogP contribution is 2.14. The summed E-state index contributed by atoms with van der Waals surface area (Å²) in [7, 11) is 1.67. The van der Waals surface area contributed by atoms with Gasteiger partial charge < -0.3 is 15.0 Å². The largest absolute Gasteiger partial charge is 0.378 e. The van der Waals surface area contributed by atoms with Crippen molar-refractivity contribution < 1.29 is 4.74 Å².